The van der Waals surface area contributed by atoms with E-state index in [9.17, 15) is 14.9 Å². The molecule has 0 saturated carbocycles. The highest BCUT2D eigenvalue weighted by Crippen LogP contribution is 2.40. The molecule has 1 atom stereocenters. The molecule has 0 radical (unpaired) electrons. The van der Waals surface area contributed by atoms with Crippen LogP contribution in [0.1, 0.15) is 41.6 Å². The van der Waals surface area contributed by atoms with Gasteiger partial charge in [-0.05, 0) is 18.4 Å². The van der Waals surface area contributed by atoms with Gasteiger partial charge in [0, 0.05) is 18.4 Å². The van der Waals surface area contributed by atoms with E-state index < -0.39 is 11.4 Å². The zero-order chi connectivity index (χ0) is 13.2. The van der Waals surface area contributed by atoms with E-state index in [1.807, 2.05) is 0 Å². The predicted octanol–water partition coefficient (Wildman–Crippen LogP) is 2.29. The Morgan fingerprint density at radius 2 is 2.17 bits per heavy atom. The van der Waals surface area contributed by atoms with E-state index in [2.05, 4.69) is 6.07 Å². The van der Waals surface area contributed by atoms with Gasteiger partial charge in [0.15, 0.2) is 5.78 Å². The summed E-state index contributed by atoms with van der Waals surface area (Å²) in [6, 6.07) is 9.25. The van der Waals surface area contributed by atoms with E-state index in [-0.39, 0.29) is 18.6 Å². The Bertz CT molecular complexity index is 544. The summed E-state index contributed by atoms with van der Waals surface area (Å²) in [6.07, 6.45) is 0.913. The molecule has 1 aliphatic rings. The van der Waals surface area contributed by atoms with E-state index in [1.54, 1.807) is 24.3 Å². The summed E-state index contributed by atoms with van der Waals surface area (Å²) in [5.41, 5.74) is 0.420. The van der Waals surface area contributed by atoms with Crippen LogP contribution in [0.3, 0.4) is 0 Å². The average Bonchev–Trinajstić information content (AvgIpc) is 2.39. The summed E-state index contributed by atoms with van der Waals surface area (Å²) >= 11 is 0. The predicted molar refractivity (Wildman–Crippen MR) is 64.2 cm³/mol. The number of ketones is 1. The molecule has 0 spiro atoms. The van der Waals surface area contributed by atoms with Gasteiger partial charge in [-0.25, -0.2) is 0 Å². The summed E-state index contributed by atoms with van der Waals surface area (Å²) in [7, 11) is 0. The van der Waals surface area contributed by atoms with Crippen LogP contribution >= 0.6 is 0 Å². The molecule has 4 heteroatoms. The van der Waals surface area contributed by atoms with Crippen molar-refractivity contribution in [3.8, 4) is 6.07 Å². The van der Waals surface area contributed by atoms with Crippen molar-refractivity contribution in [1.29, 1.82) is 5.26 Å². The minimum absolute atomic E-state index is 0.0341. The molecule has 18 heavy (non-hydrogen) atoms. The molecular weight excluding hydrogens is 230 g/mol. The van der Waals surface area contributed by atoms with E-state index in [0.29, 0.717) is 24.0 Å². The van der Waals surface area contributed by atoms with Gasteiger partial charge in [0.25, 0.3) is 0 Å². The smallest absolute Gasteiger partial charge is 0.303 e. The van der Waals surface area contributed by atoms with Crippen LogP contribution in [-0.4, -0.2) is 16.9 Å². The molecule has 0 amide bonds. The van der Waals surface area contributed by atoms with Gasteiger partial charge in [-0.15, -0.1) is 0 Å². The number of carboxylic acids is 1. The first-order chi connectivity index (χ1) is 8.59. The number of carbonyl (C=O) groups excluding carboxylic acids is 1. The second kappa shape index (κ2) is 4.61. The van der Waals surface area contributed by atoms with E-state index in [1.165, 1.54) is 0 Å². The molecule has 4 nitrogen and oxygen atoms in total. The lowest BCUT2D eigenvalue weighted by Gasteiger charge is -2.32. The molecule has 0 heterocycles. The number of nitrogens with zero attached hydrogens (tertiary/aromatic N) is 1. The Kier molecular flexibility index (Phi) is 3.15. The molecule has 0 saturated heterocycles. The molecule has 1 aromatic rings. The number of carbonyl (C=O) groups is 2. The number of aliphatic carboxylic acids is 1. The van der Waals surface area contributed by atoms with Crippen molar-refractivity contribution in [2.45, 2.75) is 31.1 Å². The van der Waals surface area contributed by atoms with E-state index in [0.717, 1.165) is 0 Å². The fraction of sp³-hybridized carbons (Fsp3) is 0.357. The maximum absolute atomic E-state index is 11.8. The highest BCUT2D eigenvalue weighted by molar-refractivity contribution is 5.99. The van der Waals surface area contributed by atoms with Gasteiger partial charge in [-0.1, -0.05) is 24.3 Å². The molecule has 1 N–H and O–H groups in total. The van der Waals surface area contributed by atoms with Gasteiger partial charge in [-0.2, -0.15) is 5.26 Å². The first-order valence-corrected chi connectivity index (χ1v) is 5.85. The standard InChI is InChI=1S/C14H13NO3/c15-9-14(8-6-13(17)18)7-5-12(16)10-3-1-2-4-11(10)14/h1-4H,5-8H2,(H,17,18). The van der Waals surface area contributed by atoms with Crippen molar-refractivity contribution in [3.05, 3.63) is 35.4 Å². The van der Waals surface area contributed by atoms with Crippen molar-refractivity contribution < 1.29 is 14.7 Å². The van der Waals surface area contributed by atoms with Crippen molar-refractivity contribution >= 4 is 11.8 Å². The fourth-order valence-corrected chi connectivity index (χ4v) is 2.49. The monoisotopic (exact) mass is 243 g/mol. The Balaban J connectivity index is 2.44. The van der Waals surface area contributed by atoms with Crippen LogP contribution in [0.4, 0.5) is 0 Å². The van der Waals surface area contributed by atoms with Gasteiger partial charge < -0.3 is 5.11 Å². The zero-order valence-electron chi connectivity index (χ0n) is 9.85. The first kappa shape index (κ1) is 12.3. The summed E-state index contributed by atoms with van der Waals surface area (Å²) in [6.45, 7) is 0. The maximum atomic E-state index is 11.8. The number of hydrogen-bond donors (Lipinski definition) is 1. The summed E-state index contributed by atoms with van der Waals surface area (Å²) in [4.78, 5) is 22.5. The van der Waals surface area contributed by atoms with Crippen LogP contribution in [0.25, 0.3) is 0 Å². The Morgan fingerprint density at radius 3 is 2.83 bits per heavy atom. The number of Topliss-reactive ketones (excluding diaryl/α,β-unsaturated/α-hetero) is 1. The third-order valence-corrected chi connectivity index (χ3v) is 3.50. The van der Waals surface area contributed by atoms with Crippen LogP contribution in [0.15, 0.2) is 24.3 Å². The average molecular weight is 243 g/mol. The SMILES string of the molecule is N#CC1(CCC(=O)O)CCC(=O)c2ccccc21. The molecule has 1 aliphatic carbocycles. The highest BCUT2D eigenvalue weighted by atomic mass is 16.4. The quantitative estimate of drug-likeness (QED) is 0.883. The lowest BCUT2D eigenvalue weighted by Crippen LogP contribution is -2.32. The lowest BCUT2D eigenvalue weighted by atomic mass is 9.68. The molecule has 0 bridgehead atoms. The Hall–Kier alpha value is -2.15. The molecule has 0 fully saturated rings. The molecule has 1 unspecified atom stereocenters. The number of benzene rings is 1. The fourth-order valence-electron chi connectivity index (χ4n) is 2.49. The van der Waals surface area contributed by atoms with Crippen LogP contribution in [0, 0.1) is 11.3 Å². The van der Waals surface area contributed by atoms with Gasteiger partial charge in [0.1, 0.15) is 0 Å². The van der Waals surface area contributed by atoms with Crippen LogP contribution in [0.2, 0.25) is 0 Å². The number of carboxylic acid groups (broad SMARTS) is 1. The Labute approximate surface area is 105 Å². The third kappa shape index (κ3) is 2.00. The maximum Gasteiger partial charge on any atom is 0.303 e. The van der Waals surface area contributed by atoms with Gasteiger partial charge >= 0.3 is 5.97 Å². The number of nitriles is 1. The molecule has 1 aromatic carbocycles. The second-order valence-corrected chi connectivity index (χ2v) is 4.56. The second-order valence-electron chi connectivity index (χ2n) is 4.56. The summed E-state index contributed by atoms with van der Waals surface area (Å²) in [5.74, 6) is -0.884. The van der Waals surface area contributed by atoms with Crippen LogP contribution < -0.4 is 0 Å². The largest absolute Gasteiger partial charge is 0.481 e. The normalized spacial score (nSPS) is 22.1. The van der Waals surface area contributed by atoms with Gasteiger partial charge in [0.05, 0.1) is 11.5 Å². The molecule has 0 aliphatic heterocycles. The number of fused-ring (bicyclic) bond motifs is 1. The Morgan fingerprint density at radius 1 is 1.44 bits per heavy atom. The highest BCUT2D eigenvalue weighted by Gasteiger charge is 2.39. The van der Waals surface area contributed by atoms with Crippen molar-refractivity contribution in [1.82, 2.24) is 0 Å². The summed E-state index contributed by atoms with van der Waals surface area (Å²) < 4.78 is 0. The summed E-state index contributed by atoms with van der Waals surface area (Å²) in [5, 5.41) is 18.2. The van der Waals surface area contributed by atoms with Crippen LogP contribution in [0.5, 0.6) is 0 Å². The topological polar surface area (TPSA) is 78.2 Å². The van der Waals surface area contributed by atoms with Crippen molar-refractivity contribution in [2.24, 2.45) is 0 Å². The van der Waals surface area contributed by atoms with E-state index in [4.69, 9.17) is 5.11 Å². The zero-order valence-corrected chi connectivity index (χ0v) is 9.85. The van der Waals surface area contributed by atoms with E-state index >= 15 is 0 Å². The minimum Gasteiger partial charge on any atom is -0.481 e. The van der Waals surface area contributed by atoms with Crippen LogP contribution in [-0.2, 0) is 10.2 Å². The van der Waals surface area contributed by atoms with Gasteiger partial charge in [0.2, 0.25) is 0 Å². The number of rotatable bonds is 3. The molecule has 0 aromatic heterocycles. The molecule has 2 rings (SSSR count). The third-order valence-electron chi connectivity index (χ3n) is 3.50. The molecular formula is C14H13NO3. The van der Waals surface area contributed by atoms with Gasteiger partial charge in [-0.3, -0.25) is 9.59 Å². The minimum atomic E-state index is -0.918. The van der Waals surface area contributed by atoms with Crippen molar-refractivity contribution in [3.63, 3.8) is 0 Å². The number of hydrogen-bond acceptors (Lipinski definition) is 3. The van der Waals surface area contributed by atoms with Crippen molar-refractivity contribution in [2.75, 3.05) is 0 Å². The molecule has 92 valence electrons. The first-order valence-electron chi connectivity index (χ1n) is 5.85. The lowest BCUT2D eigenvalue weighted by molar-refractivity contribution is -0.137.